The van der Waals surface area contributed by atoms with Gasteiger partial charge in [-0.15, -0.1) is 0 Å². The van der Waals surface area contributed by atoms with Crippen LogP contribution in [0.15, 0.2) is 39.5 Å². The molecule has 0 fully saturated rings. The molecule has 1 aliphatic heterocycles. The van der Waals surface area contributed by atoms with E-state index in [2.05, 4.69) is 0 Å². The fourth-order valence-corrected chi connectivity index (χ4v) is 4.41. The van der Waals surface area contributed by atoms with Gasteiger partial charge < -0.3 is 14.1 Å². The van der Waals surface area contributed by atoms with E-state index >= 15 is 0 Å². The Balaban J connectivity index is 1.59. The molecule has 0 saturated carbocycles. The highest BCUT2D eigenvalue weighted by Crippen LogP contribution is 2.42. The average molecular weight is 422 g/mol. The summed E-state index contributed by atoms with van der Waals surface area (Å²) in [5.74, 6) is 0.448. The number of aryl methyl sites for hydroxylation is 1. The summed E-state index contributed by atoms with van der Waals surface area (Å²) >= 11 is 6.44. The zero-order valence-corrected chi connectivity index (χ0v) is 15.9. The molecule has 0 radical (unpaired) electrons. The second kappa shape index (κ2) is 6.42. The summed E-state index contributed by atoms with van der Waals surface area (Å²) in [5.41, 5.74) is 2.24. The first-order valence-electron chi connectivity index (χ1n) is 9.18. The van der Waals surface area contributed by atoms with Gasteiger partial charge in [0, 0.05) is 16.6 Å². The molecule has 1 aliphatic carbocycles. The topological polar surface area (TPSA) is 42.7 Å². The Morgan fingerprint density at radius 1 is 1.03 bits per heavy atom. The van der Waals surface area contributed by atoms with Crippen LogP contribution in [0.4, 0.5) is 18.9 Å². The molecule has 2 aromatic carbocycles. The summed E-state index contributed by atoms with van der Waals surface area (Å²) < 4.78 is 49.9. The van der Waals surface area contributed by atoms with E-state index in [4.69, 9.17) is 20.8 Å². The SMILES string of the molecule is O=c1oc2c3c(c(Cl)cc2c2c1CCC2)OCN(c1ccc(C(F)(F)F)cc1)C3. The molecule has 0 bridgehead atoms. The zero-order valence-electron chi connectivity index (χ0n) is 15.1. The largest absolute Gasteiger partial charge is 0.471 e. The number of rotatable bonds is 1. The van der Waals surface area contributed by atoms with Crippen molar-refractivity contribution in [2.24, 2.45) is 0 Å². The van der Waals surface area contributed by atoms with Gasteiger partial charge in [0.05, 0.1) is 22.7 Å². The lowest BCUT2D eigenvalue weighted by Gasteiger charge is -2.31. The Hall–Kier alpha value is -2.67. The molecule has 1 aromatic heterocycles. The number of hydrogen-bond donors (Lipinski definition) is 0. The van der Waals surface area contributed by atoms with Crippen LogP contribution in [0.25, 0.3) is 11.0 Å². The quantitative estimate of drug-likeness (QED) is 0.499. The Morgan fingerprint density at radius 2 is 1.76 bits per heavy atom. The fraction of sp³-hybridized carbons (Fsp3) is 0.286. The molecule has 29 heavy (non-hydrogen) atoms. The monoisotopic (exact) mass is 421 g/mol. The summed E-state index contributed by atoms with van der Waals surface area (Å²) in [6.07, 6.45) is -2.02. The number of benzene rings is 2. The van der Waals surface area contributed by atoms with E-state index in [9.17, 15) is 18.0 Å². The van der Waals surface area contributed by atoms with Crippen LogP contribution in [0.5, 0.6) is 5.75 Å². The summed E-state index contributed by atoms with van der Waals surface area (Å²) in [5, 5.41) is 1.24. The van der Waals surface area contributed by atoms with Crippen molar-refractivity contribution in [3.8, 4) is 5.75 Å². The first kappa shape index (κ1) is 18.4. The van der Waals surface area contributed by atoms with Gasteiger partial charge in [-0.3, -0.25) is 0 Å². The molecule has 0 atom stereocenters. The number of anilines is 1. The molecule has 0 N–H and O–H groups in total. The van der Waals surface area contributed by atoms with E-state index in [1.54, 1.807) is 11.0 Å². The summed E-state index contributed by atoms with van der Waals surface area (Å²) in [7, 11) is 0. The number of ether oxygens (including phenoxy) is 1. The van der Waals surface area contributed by atoms with E-state index in [0.717, 1.165) is 35.9 Å². The van der Waals surface area contributed by atoms with E-state index in [1.807, 2.05) is 0 Å². The normalized spacial score (nSPS) is 15.9. The van der Waals surface area contributed by atoms with Crippen molar-refractivity contribution < 1.29 is 22.3 Å². The lowest BCUT2D eigenvalue weighted by Crippen LogP contribution is -2.32. The fourth-order valence-electron chi connectivity index (χ4n) is 4.13. The van der Waals surface area contributed by atoms with Crippen LogP contribution < -0.4 is 15.3 Å². The first-order valence-corrected chi connectivity index (χ1v) is 9.55. The molecule has 0 spiro atoms. The van der Waals surface area contributed by atoms with E-state index < -0.39 is 11.7 Å². The van der Waals surface area contributed by atoms with Crippen molar-refractivity contribution >= 4 is 28.3 Å². The minimum absolute atomic E-state index is 0.124. The van der Waals surface area contributed by atoms with E-state index in [0.29, 0.717) is 46.1 Å². The zero-order chi connectivity index (χ0) is 20.3. The molecular weight excluding hydrogens is 407 g/mol. The highest BCUT2D eigenvalue weighted by Gasteiger charge is 2.31. The van der Waals surface area contributed by atoms with Crippen LogP contribution in [0, 0.1) is 0 Å². The van der Waals surface area contributed by atoms with Crippen LogP contribution in [0.3, 0.4) is 0 Å². The molecule has 150 valence electrons. The second-order valence-electron chi connectivity index (χ2n) is 7.26. The third kappa shape index (κ3) is 2.95. The van der Waals surface area contributed by atoms with Crippen LogP contribution in [0.1, 0.15) is 28.7 Å². The molecule has 5 rings (SSSR count). The average Bonchev–Trinajstić information content (AvgIpc) is 3.19. The Bertz CT molecular complexity index is 1190. The number of hydrogen-bond acceptors (Lipinski definition) is 4. The van der Waals surface area contributed by atoms with Gasteiger partial charge in [0.15, 0.2) is 6.73 Å². The molecule has 3 aromatic rings. The van der Waals surface area contributed by atoms with Gasteiger partial charge in [0.1, 0.15) is 11.3 Å². The molecule has 2 heterocycles. The van der Waals surface area contributed by atoms with Crippen molar-refractivity contribution in [1.29, 1.82) is 0 Å². The van der Waals surface area contributed by atoms with Crippen LogP contribution in [-0.2, 0) is 25.6 Å². The highest BCUT2D eigenvalue weighted by atomic mass is 35.5. The van der Waals surface area contributed by atoms with Crippen molar-refractivity contribution in [2.75, 3.05) is 11.6 Å². The second-order valence-corrected chi connectivity index (χ2v) is 7.67. The van der Waals surface area contributed by atoms with E-state index in [1.165, 1.54) is 12.1 Å². The molecular formula is C21H15ClF3NO3. The van der Waals surface area contributed by atoms with Crippen LogP contribution in [0.2, 0.25) is 5.02 Å². The smallest absolute Gasteiger partial charge is 0.416 e. The Morgan fingerprint density at radius 3 is 2.48 bits per heavy atom. The maximum atomic E-state index is 12.8. The van der Waals surface area contributed by atoms with Crippen LogP contribution in [-0.4, -0.2) is 6.73 Å². The van der Waals surface area contributed by atoms with Crippen molar-refractivity contribution in [2.45, 2.75) is 32.0 Å². The minimum Gasteiger partial charge on any atom is -0.471 e. The summed E-state index contributed by atoms with van der Waals surface area (Å²) in [6.45, 7) is 0.429. The number of halogens is 4. The lowest BCUT2D eigenvalue weighted by molar-refractivity contribution is -0.137. The highest BCUT2D eigenvalue weighted by molar-refractivity contribution is 6.33. The molecule has 0 amide bonds. The maximum Gasteiger partial charge on any atom is 0.416 e. The third-order valence-electron chi connectivity index (χ3n) is 5.54. The predicted molar refractivity (Wildman–Crippen MR) is 103 cm³/mol. The Labute approximate surface area is 168 Å². The number of alkyl halides is 3. The molecule has 2 aliphatic rings. The molecule has 8 heteroatoms. The van der Waals surface area contributed by atoms with Crippen LogP contribution >= 0.6 is 11.6 Å². The Kier molecular flexibility index (Phi) is 4.07. The lowest BCUT2D eigenvalue weighted by atomic mass is 10.0. The third-order valence-corrected chi connectivity index (χ3v) is 5.82. The van der Waals surface area contributed by atoms with Gasteiger partial charge in [0.2, 0.25) is 0 Å². The minimum atomic E-state index is -4.39. The summed E-state index contributed by atoms with van der Waals surface area (Å²) in [6, 6.07) is 6.65. The van der Waals surface area contributed by atoms with Crippen molar-refractivity contribution in [3.63, 3.8) is 0 Å². The van der Waals surface area contributed by atoms with Gasteiger partial charge in [-0.2, -0.15) is 13.2 Å². The number of fused-ring (bicyclic) bond motifs is 5. The standard InChI is InChI=1S/C21H15ClF3NO3/c22-17-8-15-13-2-1-3-14(13)20(27)29-18(15)16-9-26(10-28-19(16)17)12-6-4-11(5-7-12)21(23,24)25/h4-8H,1-3,9-10H2. The van der Waals surface area contributed by atoms with Gasteiger partial charge in [-0.25, -0.2) is 4.79 Å². The van der Waals surface area contributed by atoms with E-state index in [-0.39, 0.29) is 12.4 Å². The summed E-state index contributed by atoms with van der Waals surface area (Å²) in [4.78, 5) is 14.2. The van der Waals surface area contributed by atoms with Gasteiger partial charge in [-0.05, 0) is 55.2 Å². The first-order chi connectivity index (χ1) is 13.8. The van der Waals surface area contributed by atoms with Crippen molar-refractivity contribution in [1.82, 2.24) is 0 Å². The molecule has 0 saturated heterocycles. The van der Waals surface area contributed by atoms with Crippen molar-refractivity contribution in [3.05, 3.63) is 68.0 Å². The van der Waals surface area contributed by atoms with Gasteiger partial charge in [-0.1, -0.05) is 11.6 Å². The van der Waals surface area contributed by atoms with Gasteiger partial charge in [0.25, 0.3) is 0 Å². The molecule has 0 unspecified atom stereocenters. The predicted octanol–water partition coefficient (Wildman–Crippen LogP) is 5.31. The van der Waals surface area contributed by atoms with Gasteiger partial charge >= 0.3 is 11.8 Å². The number of nitrogens with zero attached hydrogens (tertiary/aromatic N) is 1. The maximum absolute atomic E-state index is 12.8. The molecule has 4 nitrogen and oxygen atoms in total.